The number of hydrogen-bond donors (Lipinski definition) is 1. The van der Waals surface area contributed by atoms with Gasteiger partial charge in [0.25, 0.3) is 0 Å². The Labute approximate surface area is 121 Å². The van der Waals surface area contributed by atoms with Gasteiger partial charge in [0, 0.05) is 38.8 Å². The van der Waals surface area contributed by atoms with Crippen LogP contribution in [-0.2, 0) is 0 Å². The summed E-state index contributed by atoms with van der Waals surface area (Å²) in [5, 5.41) is 3.27. The zero-order valence-corrected chi connectivity index (χ0v) is 12.6. The number of aromatic nitrogens is 1. The summed E-state index contributed by atoms with van der Waals surface area (Å²) in [5.41, 5.74) is 0. The number of anilines is 1. The molecule has 0 aliphatic carbocycles. The minimum absolute atomic E-state index is 0.435. The smallest absolute Gasteiger partial charge is 0.214 e. The quantitative estimate of drug-likeness (QED) is 0.835. The molecule has 112 valence electrons. The van der Waals surface area contributed by atoms with Gasteiger partial charge in [-0.05, 0) is 25.1 Å². The SMILES string of the molecule is CC(C)[C@@H](CNc1cccc(F)n1)N1CCN(C)CC1. The number of piperazine rings is 1. The fourth-order valence-electron chi connectivity index (χ4n) is 2.66. The van der Waals surface area contributed by atoms with Crippen molar-refractivity contribution in [2.75, 3.05) is 45.1 Å². The Morgan fingerprint density at radius 3 is 2.55 bits per heavy atom. The molecule has 2 heterocycles. The fourth-order valence-corrected chi connectivity index (χ4v) is 2.66. The van der Waals surface area contributed by atoms with E-state index in [0.29, 0.717) is 17.8 Å². The number of hydrogen-bond acceptors (Lipinski definition) is 4. The van der Waals surface area contributed by atoms with Gasteiger partial charge in [-0.1, -0.05) is 19.9 Å². The number of rotatable bonds is 5. The van der Waals surface area contributed by atoms with Crippen LogP contribution in [0.15, 0.2) is 18.2 Å². The number of pyridine rings is 1. The normalized spacial score (nSPS) is 19.2. The van der Waals surface area contributed by atoms with Gasteiger partial charge in [0.05, 0.1) is 0 Å². The topological polar surface area (TPSA) is 31.4 Å². The van der Waals surface area contributed by atoms with Crippen LogP contribution < -0.4 is 5.32 Å². The van der Waals surface area contributed by atoms with Gasteiger partial charge in [-0.25, -0.2) is 4.98 Å². The molecule has 5 heteroatoms. The molecule has 1 atom stereocenters. The third-order valence-corrected chi connectivity index (χ3v) is 3.98. The molecule has 0 aromatic carbocycles. The van der Waals surface area contributed by atoms with Gasteiger partial charge in [-0.15, -0.1) is 0 Å². The average Bonchev–Trinajstić information content (AvgIpc) is 2.41. The monoisotopic (exact) mass is 280 g/mol. The molecule has 1 aromatic heterocycles. The predicted molar refractivity (Wildman–Crippen MR) is 80.4 cm³/mol. The molecule has 2 rings (SSSR count). The molecule has 0 amide bonds. The van der Waals surface area contributed by atoms with E-state index < -0.39 is 5.95 Å². The Morgan fingerprint density at radius 2 is 1.95 bits per heavy atom. The molecule has 0 spiro atoms. The molecule has 20 heavy (non-hydrogen) atoms. The highest BCUT2D eigenvalue weighted by Gasteiger charge is 2.24. The zero-order valence-electron chi connectivity index (χ0n) is 12.6. The van der Waals surface area contributed by atoms with Crippen molar-refractivity contribution in [3.05, 3.63) is 24.1 Å². The second kappa shape index (κ2) is 6.99. The lowest BCUT2D eigenvalue weighted by atomic mass is 10.0. The lowest BCUT2D eigenvalue weighted by Gasteiger charge is -2.40. The van der Waals surface area contributed by atoms with Crippen molar-refractivity contribution < 1.29 is 4.39 Å². The van der Waals surface area contributed by atoms with Gasteiger partial charge >= 0.3 is 0 Å². The van der Waals surface area contributed by atoms with Gasteiger partial charge < -0.3 is 10.2 Å². The summed E-state index contributed by atoms with van der Waals surface area (Å²) in [6.07, 6.45) is 0. The van der Waals surface area contributed by atoms with E-state index in [9.17, 15) is 4.39 Å². The molecular weight excluding hydrogens is 255 g/mol. The summed E-state index contributed by atoms with van der Waals surface area (Å²) >= 11 is 0. The van der Waals surface area contributed by atoms with Crippen molar-refractivity contribution in [1.82, 2.24) is 14.8 Å². The van der Waals surface area contributed by atoms with Crippen molar-refractivity contribution >= 4 is 5.82 Å². The first-order valence-electron chi connectivity index (χ1n) is 7.35. The van der Waals surface area contributed by atoms with Crippen LogP contribution in [0.5, 0.6) is 0 Å². The number of nitrogens with one attached hydrogen (secondary N) is 1. The van der Waals surface area contributed by atoms with E-state index in [1.54, 1.807) is 6.07 Å². The molecule has 1 aliphatic heterocycles. The minimum Gasteiger partial charge on any atom is -0.368 e. The molecule has 4 nitrogen and oxygen atoms in total. The first-order chi connectivity index (χ1) is 9.56. The van der Waals surface area contributed by atoms with Crippen LogP contribution in [0.25, 0.3) is 0 Å². The van der Waals surface area contributed by atoms with Crippen molar-refractivity contribution in [1.29, 1.82) is 0 Å². The van der Waals surface area contributed by atoms with Gasteiger partial charge in [0.2, 0.25) is 5.95 Å². The Bertz CT molecular complexity index is 416. The maximum atomic E-state index is 13.1. The third kappa shape index (κ3) is 4.15. The Hall–Kier alpha value is -1.20. The number of nitrogens with zero attached hydrogens (tertiary/aromatic N) is 3. The molecule has 0 unspecified atom stereocenters. The number of halogens is 1. The van der Waals surface area contributed by atoms with Gasteiger partial charge in [-0.3, -0.25) is 4.90 Å². The highest BCUT2D eigenvalue weighted by molar-refractivity contribution is 5.33. The lowest BCUT2D eigenvalue weighted by Crippen LogP contribution is -2.52. The Balaban J connectivity index is 1.92. The van der Waals surface area contributed by atoms with Crippen molar-refractivity contribution in [2.45, 2.75) is 19.9 Å². The maximum Gasteiger partial charge on any atom is 0.214 e. The average molecular weight is 280 g/mol. The minimum atomic E-state index is -0.435. The highest BCUT2D eigenvalue weighted by atomic mass is 19.1. The molecule has 0 saturated carbocycles. The van der Waals surface area contributed by atoms with Crippen molar-refractivity contribution in [3.8, 4) is 0 Å². The molecular formula is C15H25FN4. The highest BCUT2D eigenvalue weighted by Crippen LogP contribution is 2.14. The van der Waals surface area contributed by atoms with Crippen LogP contribution in [0, 0.1) is 11.9 Å². The molecule has 1 saturated heterocycles. The van der Waals surface area contributed by atoms with E-state index in [4.69, 9.17) is 0 Å². The summed E-state index contributed by atoms with van der Waals surface area (Å²) < 4.78 is 13.1. The molecule has 1 aromatic rings. The van der Waals surface area contributed by atoms with E-state index in [-0.39, 0.29) is 0 Å². The van der Waals surface area contributed by atoms with Crippen LogP contribution >= 0.6 is 0 Å². The Kier molecular flexibility index (Phi) is 5.31. The summed E-state index contributed by atoms with van der Waals surface area (Å²) in [5.74, 6) is 0.736. The standard InChI is InChI=1S/C15H25FN4/c1-12(2)13(20-9-7-19(3)8-10-20)11-17-15-6-4-5-14(16)18-15/h4-6,12-13H,7-11H2,1-3H3,(H,17,18)/t13-/m1/s1. The first kappa shape index (κ1) is 15.2. The van der Waals surface area contributed by atoms with Crippen LogP contribution in [0.1, 0.15) is 13.8 Å². The van der Waals surface area contributed by atoms with E-state index in [1.807, 2.05) is 6.07 Å². The predicted octanol–water partition coefficient (Wildman–Crippen LogP) is 1.90. The van der Waals surface area contributed by atoms with E-state index in [2.05, 4.69) is 41.0 Å². The molecule has 1 aliphatic rings. The van der Waals surface area contributed by atoms with Crippen molar-refractivity contribution in [3.63, 3.8) is 0 Å². The van der Waals surface area contributed by atoms with Gasteiger partial charge in [-0.2, -0.15) is 4.39 Å². The molecule has 1 fully saturated rings. The van der Waals surface area contributed by atoms with Crippen LogP contribution in [0.3, 0.4) is 0 Å². The maximum absolute atomic E-state index is 13.1. The van der Waals surface area contributed by atoms with Gasteiger partial charge in [0.1, 0.15) is 5.82 Å². The molecule has 0 bridgehead atoms. The van der Waals surface area contributed by atoms with Crippen LogP contribution in [0.4, 0.5) is 10.2 Å². The van der Waals surface area contributed by atoms with Crippen LogP contribution in [-0.4, -0.2) is 60.6 Å². The second-order valence-corrected chi connectivity index (χ2v) is 5.88. The third-order valence-electron chi connectivity index (χ3n) is 3.98. The van der Waals surface area contributed by atoms with Crippen molar-refractivity contribution in [2.24, 2.45) is 5.92 Å². The lowest BCUT2D eigenvalue weighted by molar-refractivity contribution is 0.0944. The summed E-state index contributed by atoms with van der Waals surface area (Å²) in [7, 11) is 2.16. The zero-order chi connectivity index (χ0) is 14.5. The fraction of sp³-hybridized carbons (Fsp3) is 0.667. The second-order valence-electron chi connectivity index (χ2n) is 5.88. The van der Waals surface area contributed by atoms with Crippen LogP contribution in [0.2, 0.25) is 0 Å². The Morgan fingerprint density at radius 1 is 1.25 bits per heavy atom. The van der Waals surface area contributed by atoms with E-state index in [1.165, 1.54) is 6.07 Å². The number of likely N-dealkylation sites (N-methyl/N-ethyl adjacent to an activating group) is 1. The first-order valence-corrected chi connectivity index (χ1v) is 7.35. The summed E-state index contributed by atoms with van der Waals surface area (Å²) in [4.78, 5) is 8.74. The summed E-state index contributed by atoms with van der Waals surface area (Å²) in [6, 6.07) is 5.31. The summed E-state index contributed by atoms with van der Waals surface area (Å²) in [6.45, 7) is 9.70. The van der Waals surface area contributed by atoms with Gasteiger partial charge in [0.15, 0.2) is 0 Å². The molecule has 1 N–H and O–H groups in total. The van der Waals surface area contributed by atoms with E-state index >= 15 is 0 Å². The van der Waals surface area contributed by atoms with E-state index in [0.717, 1.165) is 32.7 Å². The largest absolute Gasteiger partial charge is 0.368 e. The molecule has 0 radical (unpaired) electrons.